The molecule has 0 aliphatic carbocycles. The number of fused-ring (bicyclic) bond motifs is 1. The average molecular weight is 464 g/mol. The molecule has 33 heavy (non-hydrogen) atoms. The molecule has 0 bridgehead atoms. The minimum atomic E-state index is -3.68. The van der Waals surface area contributed by atoms with Crippen LogP contribution < -0.4 is 10.0 Å². The molecule has 0 aliphatic heterocycles. The van der Waals surface area contributed by atoms with Gasteiger partial charge >= 0.3 is 0 Å². The van der Waals surface area contributed by atoms with Crippen LogP contribution in [0.25, 0.3) is 10.9 Å². The SMILES string of the molecule is Cc1cc(C(=O)Nc2ccc(S(=O)(=O)NCCc3ccccc3)cc2)c2cc(F)ccc2n1. The maximum atomic E-state index is 13.7. The van der Waals surface area contributed by atoms with E-state index >= 15 is 0 Å². The number of carbonyl (C=O) groups is 1. The van der Waals surface area contributed by atoms with Crippen LogP contribution in [0.2, 0.25) is 0 Å². The number of nitrogens with one attached hydrogen (secondary N) is 2. The molecule has 0 spiro atoms. The highest BCUT2D eigenvalue weighted by atomic mass is 32.2. The lowest BCUT2D eigenvalue weighted by molar-refractivity contribution is 0.102. The quantitative estimate of drug-likeness (QED) is 0.424. The van der Waals surface area contributed by atoms with E-state index in [0.717, 1.165) is 5.56 Å². The summed E-state index contributed by atoms with van der Waals surface area (Å²) < 4.78 is 41.4. The molecule has 1 amide bonds. The lowest BCUT2D eigenvalue weighted by atomic mass is 10.1. The molecule has 0 radical (unpaired) electrons. The Labute approximate surface area is 191 Å². The van der Waals surface area contributed by atoms with Crippen molar-refractivity contribution in [2.75, 3.05) is 11.9 Å². The largest absolute Gasteiger partial charge is 0.322 e. The van der Waals surface area contributed by atoms with Crippen molar-refractivity contribution in [3.63, 3.8) is 0 Å². The first-order chi connectivity index (χ1) is 15.8. The number of amides is 1. The fraction of sp³-hybridized carbons (Fsp3) is 0.120. The van der Waals surface area contributed by atoms with Gasteiger partial charge in [0.25, 0.3) is 5.91 Å². The number of rotatable bonds is 7. The van der Waals surface area contributed by atoms with Gasteiger partial charge in [-0.15, -0.1) is 0 Å². The van der Waals surface area contributed by atoms with E-state index in [9.17, 15) is 17.6 Å². The summed E-state index contributed by atoms with van der Waals surface area (Å²) in [5.74, 6) is -0.899. The molecular formula is C25H22FN3O3S. The third kappa shape index (κ3) is 5.42. The van der Waals surface area contributed by atoms with Gasteiger partial charge in [-0.25, -0.2) is 17.5 Å². The topological polar surface area (TPSA) is 88.2 Å². The number of carbonyl (C=O) groups excluding carboxylic acids is 1. The number of anilines is 1. The van der Waals surface area contributed by atoms with Crippen molar-refractivity contribution >= 4 is 32.5 Å². The maximum absolute atomic E-state index is 13.7. The molecular weight excluding hydrogens is 441 g/mol. The van der Waals surface area contributed by atoms with E-state index in [2.05, 4.69) is 15.0 Å². The Morgan fingerprint density at radius 2 is 1.70 bits per heavy atom. The molecule has 168 valence electrons. The van der Waals surface area contributed by atoms with E-state index in [-0.39, 0.29) is 17.0 Å². The number of aryl methyl sites for hydroxylation is 1. The van der Waals surface area contributed by atoms with Crippen LogP contribution in [-0.2, 0) is 16.4 Å². The second kappa shape index (κ2) is 9.48. The number of benzene rings is 3. The number of sulfonamides is 1. The van der Waals surface area contributed by atoms with Crippen LogP contribution in [0.15, 0.2) is 83.8 Å². The smallest absolute Gasteiger partial charge is 0.256 e. The molecule has 3 aromatic carbocycles. The van der Waals surface area contributed by atoms with E-state index in [0.29, 0.717) is 28.7 Å². The van der Waals surface area contributed by atoms with Gasteiger partial charge in [0.2, 0.25) is 10.0 Å². The molecule has 8 heteroatoms. The maximum Gasteiger partial charge on any atom is 0.256 e. The summed E-state index contributed by atoms with van der Waals surface area (Å²) in [6.07, 6.45) is 0.577. The first-order valence-corrected chi connectivity index (χ1v) is 11.8. The van der Waals surface area contributed by atoms with Gasteiger partial charge in [-0.1, -0.05) is 30.3 Å². The molecule has 0 atom stereocenters. The van der Waals surface area contributed by atoms with E-state index in [1.807, 2.05) is 30.3 Å². The van der Waals surface area contributed by atoms with Crippen molar-refractivity contribution in [2.45, 2.75) is 18.2 Å². The molecule has 4 rings (SSSR count). The fourth-order valence-electron chi connectivity index (χ4n) is 3.49. The Hall–Kier alpha value is -3.62. The second-order valence-electron chi connectivity index (χ2n) is 7.58. The number of halogens is 1. The zero-order valence-electron chi connectivity index (χ0n) is 17.9. The third-order valence-corrected chi connectivity index (χ3v) is 6.59. The van der Waals surface area contributed by atoms with Crippen LogP contribution in [-0.4, -0.2) is 25.9 Å². The highest BCUT2D eigenvalue weighted by Crippen LogP contribution is 2.22. The summed E-state index contributed by atoms with van der Waals surface area (Å²) in [5, 5.41) is 3.14. The number of hydrogen-bond donors (Lipinski definition) is 2. The number of aromatic nitrogens is 1. The molecule has 1 heterocycles. The van der Waals surface area contributed by atoms with E-state index in [1.54, 1.807) is 13.0 Å². The number of hydrogen-bond acceptors (Lipinski definition) is 4. The number of pyridine rings is 1. The van der Waals surface area contributed by atoms with Crippen LogP contribution in [0.1, 0.15) is 21.6 Å². The lowest BCUT2D eigenvalue weighted by Gasteiger charge is -2.11. The predicted molar refractivity (Wildman–Crippen MR) is 126 cm³/mol. The van der Waals surface area contributed by atoms with Crippen LogP contribution >= 0.6 is 0 Å². The van der Waals surface area contributed by atoms with Gasteiger partial charge < -0.3 is 5.32 Å². The zero-order valence-corrected chi connectivity index (χ0v) is 18.7. The van der Waals surface area contributed by atoms with Gasteiger partial charge in [0, 0.05) is 23.3 Å². The summed E-state index contributed by atoms with van der Waals surface area (Å²) >= 11 is 0. The molecule has 0 unspecified atom stereocenters. The average Bonchev–Trinajstić information content (AvgIpc) is 2.80. The molecule has 0 aliphatic rings. The van der Waals surface area contributed by atoms with Crippen LogP contribution in [0, 0.1) is 12.7 Å². The Morgan fingerprint density at radius 3 is 2.42 bits per heavy atom. The van der Waals surface area contributed by atoms with E-state index < -0.39 is 21.7 Å². The first-order valence-electron chi connectivity index (χ1n) is 10.3. The van der Waals surface area contributed by atoms with Crippen LogP contribution in [0.3, 0.4) is 0 Å². The molecule has 0 saturated heterocycles. The van der Waals surface area contributed by atoms with Crippen LogP contribution in [0.5, 0.6) is 0 Å². The molecule has 4 aromatic rings. The second-order valence-corrected chi connectivity index (χ2v) is 9.35. The predicted octanol–water partition coefficient (Wildman–Crippen LogP) is 4.46. The summed E-state index contributed by atoms with van der Waals surface area (Å²) in [4.78, 5) is 17.3. The molecule has 1 aromatic heterocycles. The molecule has 0 saturated carbocycles. The summed E-state index contributed by atoms with van der Waals surface area (Å²) in [6, 6.07) is 21.2. The lowest BCUT2D eigenvalue weighted by Crippen LogP contribution is -2.26. The van der Waals surface area contributed by atoms with Crippen molar-refractivity contribution in [2.24, 2.45) is 0 Å². The van der Waals surface area contributed by atoms with Gasteiger partial charge in [-0.2, -0.15) is 0 Å². The summed E-state index contributed by atoms with van der Waals surface area (Å²) in [7, 11) is -3.68. The van der Waals surface area contributed by atoms with Gasteiger partial charge in [0.15, 0.2) is 0 Å². The Morgan fingerprint density at radius 1 is 0.970 bits per heavy atom. The minimum absolute atomic E-state index is 0.0980. The van der Waals surface area contributed by atoms with Gasteiger partial charge in [0.1, 0.15) is 5.82 Å². The third-order valence-electron chi connectivity index (χ3n) is 5.11. The standard InChI is InChI=1S/C25H22FN3O3S/c1-17-15-23(22-16-19(26)7-12-24(22)28-17)25(30)29-20-8-10-21(11-9-20)33(31,32)27-14-13-18-5-3-2-4-6-18/h2-12,15-16,27H,13-14H2,1H3,(H,29,30). The Bertz CT molecular complexity index is 1410. The normalized spacial score (nSPS) is 11.5. The monoisotopic (exact) mass is 463 g/mol. The van der Waals surface area contributed by atoms with E-state index in [4.69, 9.17) is 0 Å². The fourth-order valence-corrected chi connectivity index (χ4v) is 4.52. The Balaban J connectivity index is 1.46. The highest BCUT2D eigenvalue weighted by Gasteiger charge is 2.16. The summed E-state index contributed by atoms with van der Waals surface area (Å²) in [5.41, 5.74) is 2.89. The van der Waals surface area contributed by atoms with Crippen molar-refractivity contribution in [1.29, 1.82) is 0 Å². The van der Waals surface area contributed by atoms with Gasteiger partial charge in [0.05, 0.1) is 16.0 Å². The van der Waals surface area contributed by atoms with Crippen molar-refractivity contribution in [1.82, 2.24) is 9.71 Å². The van der Waals surface area contributed by atoms with Crippen molar-refractivity contribution in [3.8, 4) is 0 Å². The van der Waals surface area contributed by atoms with Crippen molar-refractivity contribution < 1.29 is 17.6 Å². The van der Waals surface area contributed by atoms with Crippen LogP contribution in [0.4, 0.5) is 10.1 Å². The highest BCUT2D eigenvalue weighted by molar-refractivity contribution is 7.89. The number of nitrogens with zero attached hydrogens (tertiary/aromatic N) is 1. The van der Waals surface area contributed by atoms with Gasteiger partial charge in [-0.05, 0) is 67.4 Å². The molecule has 2 N–H and O–H groups in total. The summed E-state index contributed by atoms with van der Waals surface area (Å²) in [6.45, 7) is 2.03. The van der Waals surface area contributed by atoms with Gasteiger partial charge in [-0.3, -0.25) is 9.78 Å². The molecule has 6 nitrogen and oxygen atoms in total. The molecule has 0 fully saturated rings. The van der Waals surface area contributed by atoms with Crippen molar-refractivity contribution in [3.05, 3.63) is 102 Å². The van der Waals surface area contributed by atoms with E-state index in [1.165, 1.54) is 42.5 Å². The zero-order chi connectivity index (χ0) is 23.4. The first kappa shape index (κ1) is 22.6. The Kier molecular flexibility index (Phi) is 6.48. The minimum Gasteiger partial charge on any atom is -0.322 e.